The third-order valence-corrected chi connectivity index (χ3v) is 5.47. The van der Waals surface area contributed by atoms with Crippen LogP contribution in [0.25, 0.3) is 0 Å². The predicted octanol–water partition coefficient (Wildman–Crippen LogP) is 4.26. The molecule has 0 N–H and O–H groups in total. The highest BCUT2D eigenvalue weighted by atomic mass is 32.2. The average molecular weight is 365 g/mol. The van der Waals surface area contributed by atoms with Gasteiger partial charge in [0.2, 0.25) is 5.89 Å². The fourth-order valence-electron chi connectivity index (χ4n) is 3.20. The number of rotatable bonds is 4. The van der Waals surface area contributed by atoms with Gasteiger partial charge in [0.05, 0.1) is 11.3 Å². The molecule has 2 aromatic carbocycles. The number of carbonyl (C=O) groups excluding carboxylic acids is 1. The van der Waals surface area contributed by atoms with Crippen LogP contribution in [-0.4, -0.2) is 22.6 Å². The van der Waals surface area contributed by atoms with E-state index in [1.54, 1.807) is 18.7 Å². The van der Waals surface area contributed by atoms with E-state index in [1.807, 2.05) is 47.4 Å². The summed E-state index contributed by atoms with van der Waals surface area (Å²) in [5.41, 5.74) is 2.98. The molecule has 1 aliphatic heterocycles. The molecule has 0 fully saturated rings. The zero-order chi connectivity index (χ0) is 17.9. The molecule has 0 saturated carbocycles. The highest BCUT2D eigenvalue weighted by molar-refractivity contribution is 7.98. The van der Waals surface area contributed by atoms with Gasteiger partial charge in [-0.3, -0.25) is 4.79 Å². The van der Waals surface area contributed by atoms with Crippen molar-refractivity contribution >= 4 is 23.4 Å². The van der Waals surface area contributed by atoms with Gasteiger partial charge >= 0.3 is 0 Å². The van der Waals surface area contributed by atoms with E-state index in [0.29, 0.717) is 17.5 Å². The Morgan fingerprint density at radius 3 is 2.85 bits per heavy atom. The van der Waals surface area contributed by atoms with Crippen molar-refractivity contribution in [2.45, 2.75) is 30.4 Å². The van der Waals surface area contributed by atoms with Crippen molar-refractivity contribution in [2.75, 3.05) is 11.4 Å². The third kappa shape index (κ3) is 3.37. The first-order valence-electron chi connectivity index (χ1n) is 8.63. The Morgan fingerprint density at radius 1 is 1.19 bits per heavy atom. The average Bonchev–Trinajstić information content (AvgIpc) is 3.11. The zero-order valence-corrected chi connectivity index (χ0v) is 15.3. The summed E-state index contributed by atoms with van der Waals surface area (Å²) in [6.07, 6.45) is 2.01. The SMILES string of the molecule is Cc1nc(CSc2ccccc2C(=O)N2CCCc3ccccc32)no1. The highest BCUT2D eigenvalue weighted by Crippen LogP contribution is 2.31. The second kappa shape index (κ2) is 7.33. The fraction of sp³-hybridized carbons (Fsp3) is 0.250. The molecular weight excluding hydrogens is 346 g/mol. The fourth-order valence-corrected chi connectivity index (χ4v) is 4.09. The first kappa shape index (κ1) is 16.8. The van der Waals surface area contributed by atoms with Crippen molar-refractivity contribution in [1.29, 1.82) is 0 Å². The standard InChI is InChI=1S/C20H19N3O2S/c1-14-21-19(22-25-14)13-26-18-11-5-3-9-16(18)20(24)23-12-6-8-15-7-2-4-10-17(15)23/h2-5,7,9-11H,6,8,12-13H2,1H3. The van der Waals surface area contributed by atoms with E-state index >= 15 is 0 Å². The lowest BCUT2D eigenvalue weighted by atomic mass is 10.0. The summed E-state index contributed by atoms with van der Waals surface area (Å²) in [4.78, 5) is 20.3. The smallest absolute Gasteiger partial charge is 0.259 e. The lowest BCUT2D eigenvalue weighted by molar-refractivity contribution is 0.0982. The molecule has 5 nitrogen and oxygen atoms in total. The van der Waals surface area contributed by atoms with Gasteiger partial charge in [0.15, 0.2) is 5.82 Å². The Labute approximate surface area is 156 Å². The van der Waals surface area contributed by atoms with E-state index < -0.39 is 0 Å². The maximum atomic E-state index is 13.3. The second-order valence-electron chi connectivity index (χ2n) is 6.20. The van der Waals surface area contributed by atoms with Gasteiger partial charge in [-0.15, -0.1) is 11.8 Å². The first-order chi connectivity index (χ1) is 12.7. The molecule has 1 amide bonds. The molecular formula is C20H19N3O2S. The molecule has 3 aromatic rings. The maximum Gasteiger partial charge on any atom is 0.259 e. The molecule has 2 heterocycles. The third-order valence-electron chi connectivity index (χ3n) is 4.40. The zero-order valence-electron chi connectivity index (χ0n) is 14.5. The van der Waals surface area contributed by atoms with Crippen molar-refractivity contribution in [3.63, 3.8) is 0 Å². The van der Waals surface area contributed by atoms with Crippen LogP contribution in [0.15, 0.2) is 57.9 Å². The number of aromatic nitrogens is 2. The summed E-state index contributed by atoms with van der Waals surface area (Å²) in [6, 6.07) is 15.9. The number of para-hydroxylation sites is 1. The molecule has 0 spiro atoms. The van der Waals surface area contributed by atoms with Gasteiger partial charge < -0.3 is 9.42 Å². The summed E-state index contributed by atoms with van der Waals surface area (Å²) in [5.74, 6) is 1.80. The van der Waals surface area contributed by atoms with Crippen LogP contribution in [0.3, 0.4) is 0 Å². The second-order valence-corrected chi connectivity index (χ2v) is 7.22. The highest BCUT2D eigenvalue weighted by Gasteiger charge is 2.25. The van der Waals surface area contributed by atoms with Crippen LogP contribution < -0.4 is 4.90 Å². The van der Waals surface area contributed by atoms with Crippen LogP contribution in [-0.2, 0) is 12.2 Å². The van der Waals surface area contributed by atoms with Gasteiger partial charge in [-0.25, -0.2) is 0 Å². The normalized spacial score (nSPS) is 13.5. The molecule has 4 rings (SSSR count). The van der Waals surface area contributed by atoms with E-state index in [-0.39, 0.29) is 5.91 Å². The number of hydrogen-bond acceptors (Lipinski definition) is 5. The first-order valence-corrected chi connectivity index (χ1v) is 9.62. The summed E-state index contributed by atoms with van der Waals surface area (Å²) < 4.78 is 5.02. The number of carbonyl (C=O) groups is 1. The Morgan fingerprint density at radius 2 is 2.00 bits per heavy atom. The van der Waals surface area contributed by atoms with Gasteiger partial charge in [-0.1, -0.05) is 35.5 Å². The van der Waals surface area contributed by atoms with Crippen molar-refractivity contribution in [3.05, 3.63) is 71.4 Å². The quantitative estimate of drug-likeness (QED) is 0.647. The number of benzene rings is 2. The predicted molar refractivity (Wildman–Crippen MR) is 101 cm³/mol. The molecule has 6 heteroatoms. The van der Waals surface area contributed by atoms with Crippen molar-refractivity contribution in [2.24, 2.45) is 0 Å². The number of amides is 1. The maximum absolute atomic E-state index is 13.3. The summed E-state index contributed by atoms with van der Waals surface area (Å²) in [5, 5.41) is 3.92. The summed E-state index contributed by atoms with van der Waals surface area (Å²) in [6.45, 7) is 2.52. The molecule has 26 heavy (non-hydrogen) atoms. The molecule has 0 atom stereocenters. The number of thioether (sulfide) groups is 1. The van der Waals surface area contributed by atoms with Gasteiger partial charge in [0.1, 0.15) is 0 Å². The van der Waals surface area contributed by atoms with Crippen LogP contribution >= 0.6 is 11.8 Å². The molecule has 0 aliphatic carbocycles. The molecule has 0 saturated heterocycles. The van der Waals surface area contributed by atoms with E-state index in [1.165, 1.54) is 5.56 Å². The van der Waals surface area contributed by atoms with Crippen LogP contribution in [0.5, 0.6) is 0 Å². The van der Waals surface area contributed by atoms with Gasteiger partial charge in [-0.2, -0.15) is 4.98 Å². The monoisotopic (exact) mass is 365 g/mol. The molecule has 0 radical (unpaired) electrons. The van der Waals surface area contributed by atoms with Crippen LogP contribution in [0, 0.1) is 6.92 Å². The topological polar surface area (TPSA) is 59.2 Å². The molecule has 1 aromatic heterocycles. The van der Waals surface area contributed by atoms with Gasteiger partial charge in [-0.05, 0) is 36.6 Å². The van der Waals surface area contributed by atoms with Crippen LogP contribution in [0.1, 0.15) is 34.1 Å². The Hall–Kier alpha value is -2.60. The largest absolute Gasteiger partial charge is 0.340 e. The minimum atomic E-state index is 0.0459. The number of aryl methyl sites for hydroxylation is 2. The lowest BCUT2D eigenvalue weighted by Crippen LogP contribution is -2.35. The number of anilines is 1. The number of hydrogen-bond donors (Lipinski definition) is 0. The van der Waals surface area contributed by atoms with Crippen molar-refractivity contribution < 1.29 is 9.32 Å². The minimum absolute atomic E-state index is 0.0459. The molecule has 1 aliphatic rings. The van der Waals surface area contributed by atoms with Crippen molar-refractivity contribution in [3.8, 4) is 0 Å². The molecule has 0 unspecified atom stereocenters. The van der Waals surface area contributed by atoms with E-state index in [4.69, 9.17) is 4.52 Å². The van der Waals surface area contributed by atoms with Crippen LogP contribution in [0.2, 0.25) is 0 Å². The van der Waals surface area contributed by atoms with Crippen LogP contribution in [0.4, 0.5) is 5.69 Å². The van der Waals surface area contributed by atoms with Gasteiger partial charge in [0.25, 0.3) is 5.91 Å². The number of nitrogens with zero attached hydrogens (tertiary/aromatic N) is 3. The Kier molecular flexibility index (Phi) is 4.75. The lowest BCUT2D eigenvalue weighted by Gasteiger charge is -2.30. The summed E-state index contributed by atoms with van der Waals surface area (Å²) in [7, 11) is 0. The molecule has 0 bridgehead atoms. The Balaban J connectivity index is 1.59. The summed E-state index contributed by atoms with van der Waals surface area (Å²) >= 11 is 1.55. The van der Waals surface area contributed by atoms with E-state index in [0.717, 1.165) is 35.5 Å². The van der Waals surface area contributed by atoms with Gasteiger partial charge in [0, 0.05) is 24.1 Å². The number of fused-ring (bicyclic) bond motifs is 1. The minimum Gasteiger partial charge on any atom is -0.340 e. The van der Waals surface area contributed by atoms with E-state index in [9.17, 15) is 4.79 Å². The van der Waals surface area contributed by atoms with E-state index in [2.05, 4.69) is 16.2 Å². The van der Waals surface area contributed by atoms with Crippen molar-refractivity contribution in [1.82, 2.24) is 10.1 Å². The molecule has 132 valence electrons. The Bertz CT molecular complexity index is 938.